The molecular formula is C14H15IO2. The van der Waals surface area contributed by atoms with Crippen LogP contribution in [0.4, 0.5) is 0 Å². The first-order valence-electron chi connectivity index (χ1n) is 5.00. The van der Waals surface area contributed by atoms with Gasteiger partial charge in [-0.3, -0.25) is 4.79 Å². The lowest BCUT2D eigenvalue weighted by atomic mass is 10.1. The largest absolute Gasteiger partial charge is 0.481 e. The molecule has 0 heterocycles. The summed E-state index contributed by atoms with van der Waals surface area (Å²) < 4.78 is 0. The summed E-state index contributed by atoms with van der Waals surface area (Å²) in [7, 11) is 0. The van der Waals surface area contributed by atoms with Crippen LogP contribution in [0.3, 0.4) is 0 Å². The van der Waals surface area contributed by atoms with Crippen LogP contribution in [0.15, 0.2) is 60.7 Å². The van der Waals surface area contributed by atoms with Crippen molar-refractivity contribution in [2.24, 2.45) is 0 Å². The summed E-state index contributed by atoms with van der Waals surface area (Å²) in [4.78, 5) is 9.00. The Hall–Kier alpha value is -1.36. The molecule has 0 unspecified atom stereocenters. The molecule has 2 aromatic carbocycles. The molecule has 3 heteroatoms. The average Bonchev–Trinajstić information content (AvgIpc) is 2.31. The molecule has 0 aliphatic heterocycles. The van der Waals surface area contributed by atoms with E-state index in [1.54, 1.807) is 0 Å². The monoisotopic (exact) mass is 342 g/mol. The number of benzene rings is 2. The predicted octanol–water partition coefficient (Wildman–Crippen LogP) is 4.06. The number of hydrogen-bond donors (Lipinski definition) is 1. The summed E-state index contributed by atoms with van der Waals surface area (Å²) in [6.45, 7) is 1.08. The van der Waals surface area contributed by atoms with E-state index in [2.05, 4.69) is 48.5 Å². The lowest BCUT2D eigenvalue weighted by Gasteiger charge is -1.98. The summed E-state index contributed by atoms with van der Waals surface area (Å²) in [5.74, 6) is -0.833. The van der Waals surface area contributed by atoms with Crippen molar-refractivity contribution < 1.29 is 9.90 Å². The fourth-order valence-electron chi connectivity index (χ4n) is 1.26. The van der Waals surface area contributed by atoms with Crippen molar-refractivity contribution >= 4 is 29.9 Å². The van der Waals surface area contributed by atoms with Crippen LogP contribution in [0.1, 0.15) is 6.92 Å². The van der Waals surface area contributed by atoms with Gasteiger partial charge in [-0.05, 0) is 11.1 Å². The van der Waals surface area contributed by atoms with Crippen LogP contribution in [0.5, 0.6) is 0 Å². The summed E-state index contributed by atoms with van der Waals surface area (Å²) in [6, 6.07) is 20.8. The number of carboxylic acid groups (broad SMARTS) is 1. The van der Waals surface area contributed by atoms with Gasteiger partial charge in [0.25, 0.3) is 5.97 Å². The minimum Gasteiger partial charge on any atom is -0.481 e. The summed E-state index contributed by atoms with van der Waals surface area (Å²) in [6.07, 6.45) is 0. The van der Waals surface area contributed by atoms with Gasteiger partial charge in [0, 0.05) is 6.92 Å². The van der Waals surface area contributed by atoms with E-state index in [1.807, 2.05) is 12.1 Å². The normalized spacial score (nSPS) is 8.29. The molecule has 0 radical (unpaired) electrons. The maximum Gasteiger partial charge on any atom is 0.300 e. The zero-order valence-corrected chi connectivity index (χ0v) is 11.9. The average molecular weight is 342 g/mol. The number of hydrogen-bond acceptors (Lipinski definition) is 1. The molecule has 0 bridgehead atoms. The summed E-state index contributed by atoms with van der Waals surface area (Å²) in [5.41, 5.74) is 2.55. The van der Waals surface area contributed by atoms with Gasteiger partial charge in [-0.2, -0.15) is 0 Å². The Bertz CT molecular complexity index is 385. The van der Waals surface area contributed by atoms with Crippen LogP contribution in [0.25, 0.3) is 11.1 Å². The molecule has 1 N–H and O–H groups in total. The second kappa shape index (κ2) is 8.75. The van der Waals surface area contributed by atoms with Crippen molar-refractivity contribution in [2.75, 3.05) is 0 Å². The maximum absolute atomic E-state index is 9.00. The molecule has 2 rings (SSSR count). The number of carboxylic acids is 1. The second-order valence-electron chi connectivity index (χ2n) is 3.25. The smallest absolute Gasteiger partial charge is 0.300 e. The highest BCUT2D eigenvalue weighted by Gasteiger charge is 1.91. The highest BCUT2D eigenvalue weighted by atomic mass is 127. The van der Waals surface area contributed by atoms with Gasteiger partial charge in [0.05, 0.1) is 0 Å². The lowest BCUT2D eigenvalue weighted by molar-refractivity contribution is -0.134. The van der Waals surface area contributed by atoms with Crippen molar-refractivity contribution in [3.8, 4) is 11.1 Å². The van der Waals surface area contributed by atoms with Gasteiger partial charge in [0.1, 0.15) is 0 Å². The van der Waals surface area contributed by atoms with Crippen LogP contribution in [0, 0.1) is 0 Å². The molecule has 0 fully saturated rings. The maximum atomic E-state index is 9.00. The minimum atomic E-state index is -0.833. The van der Waals surface area contributed by atoms with Gasteiger partial charge in [0.2, 0.25) is 0 Å². The van der Waals surface area contributed by atoms with E-state index in [1.165, 1.54) is 11.1 Å². The SMILES string of the molecule is CC(=O)O.I.c1ccc(-c2ccccc2)cc1. The molecule has 0 saturated carbocycles. The van der Waals surface area contributed by atoms with E-state index < -0.39 is 5.97 Å². The van der Waals surface area contributed by atoms with Gasteiger partial charge < -0.3 is 5.11 Å². The molecule has 0 saturated heterocycles. The van der Waals surface area contributed by atoms with Gasteiger partial charge in [0.15, 0.2) is 0 Å². The third-order valence-electron chi connectivity index (χ3n) is 1.88. The molecule has 0 aromatic heterocycles. The third-order valence-corrected chi connectivity index (χ3v) is 1.88. The fraction of sp³-hybridized carbons (Fsp3) is 0.0714. The fourth-order valence-corrected chi connectivity index (χ4v) is 1.26. The van der Waals surface area contributed by atoms with Crippen LogP contribution in [-0.2, 0) is 4.79 Å². The van der Waals surface area contributed by atoms with Crippen LogP contribution < -0.4 is 0 Å². The Morgan fingerprint density at radius 2 is 1.06 bits per heavy atom. The van der Waals surface area contributed by atoms with E-state index in [0.29, 0.717) is 0 Å². The Balaban J connectivity index is 0.000000453. The molecule has 2 aromatic rings. The van der Waals surface area contributed by atoms with E-state index in [-0.39, 0.29) is 24.0 Å². The Labute approximate surface area is 118 Å². The lowest BCUT2D eigenvalue weighted by Crippen LogP contribution is -1.78. The number of carbonyl (C=O) groups is 1. The van der Waals surface area contributed by atoms with Gasteiger partial charge in [-0.1, -0.05) is 60.7 Å². The molecular weight excluding hydrogens is 327 g/mol. The molecule has 0 atom stereocenters. The third kappa shape index (κ3) is 6.73. The van der Waals surface area contributed by atoms with Crippen molar-refractivity contribution in [2.45, 2.75) is 6.92 Å². The molecule has 2 nitrogen and oxygen atoms in total. The van der Waals surface area contributed by atoms with E-state index in [0.717, 1.165) is 6.92 Å². The first-order chi connectivity index (χ1) is 7.70. The van der Waals surface area contributed by atoms with Crippen molar-refractivity contribution in [3.05, 3.63) is 60.7 Å². The van der Waals surface area contributed by atoms with Crippen molar-refractivity contribution in [1.82, 2.24) is 0 Å². The van der Waals surface area contributed by atoms with Crippen LogP contribution in [-0.4, -0.2) is 11.1 Å². The molecule has 0 aliphatic carbocycles. The first kappa shape index (κ1) is 15.6. The number of aliphatic carboxylic acids is 1. The quantitative estimate of drug-likeness (QED) is 0.794. The van der Waals surface area contributed by atoms with Gasteiger partial charge >= 0.3 is 0 Å². The predicted molar refractivity (Wildman–Crippen MR) is 80.6 cm³/mol. The van der Waals surface area contributed by atoms with Gasteiger partial charge in [-0.15, -0.1) is 24.0 Å². The summed E-state index contributed by atoms with van der Waals surface area (Å²) in [5, 5.41) is 7.42. The van der Waals surface area contributed by atoms with E-state index in [9.17, 15) is 0 Å². The van der Waals surface area contributed by atoms with E-state index >= 15 is 0 Å². The first-order valence-corrected chi connectivity index (χ1v) is 5.00. The minimum absolute atomic E-state index is 0. The Kier molecular flexibility index (Phi) is 8.05. The summed E-state index contributed by atoms with van der Waals surface area (Å²) >= 11 is 0. The molecule has 17 heavy (non-hydrogen) atoms. The van der Waals surface area contributed by atoms with E-state index in [4.69, 9.17) is 9.90 Å². The molecule has 0 aliphatic rings. The van der Waals surface area contributed by atoms with Crippen molar-refractivity contribution in [1.29, 1.82) is 0 Å². The molecule has 90 valence electrons. The number of halogens is 1. The van der Waals surface area contributed by atoms with Gasteiger partial charge in [-0.25, -0.2) is 0 Å². The highest BCUT2D eigenvalue weighted by Crippen LogP contribution is 2.17. The topological polar surface area (TPSA) is 37.3 Å². The van der Waals surface area contributed by atoms with Crippen LogP contribution >= 0.6 is 24.0 Å². The Morgan fingerprint density at radius 3 is 1.29 bits per heavy atom. The zero-order chi connectivity index (χ0) is 11.8. The standard InChI is InChI=1S/C12H10.C2H4O2.HI/c1-3-7-11(8-4-1)12-9-5-2-6-10-12;1-2(3)4;/h1-10H;1H3,(H,3,4);1H. The molecule has 0 spiro atoms. The zero-order valence-electron chi connectivity index (χ0n) is 9.54. The second-order valence-corrected chi connectivity index (χ2v) is 3.25. The Morgan fingerprint density at radius 1 is 0.824 bits per heavy atom. The van der Waals surface area contributed by atoms with Crippen molar-refractivity contribution in [3.63, 3.8) is 0 Å². The number of rotatable bonds is 1. The van der Waals surface area contributed by atoms with Crippen LogP contribution in [0.2, 0.25) is 0 Å². The molecule has 0 amide bonds. The highest BCUT2D eigenvalue weighted by molar-refractivity contribution is 14.0.